The molecule has 1 aromatic carbocycles. The summed E-state index contributed by atoms with van der Waals surface area (Å²) < 4.78 is 10.1. The number of rotatable bonds is 6. The average Bonchev–Trinajstić information content (AvgIpc) is 2.38. The van der Waals surface area contributed by atoms with Gasteiger partial charge in [-0.25, -0.2) is 4.79 Å². The topological polar surface area (TPSA) is 55.8 Å². The van der Waals surface area contributed by atoms with Crippen LogP contribution >= 0.6 is 0 Å². The Morgan fingerprint density at radius 3 is 2.53 bits per heavy atom. The number of esters is 1. The first-order valence-electron chi connectivity index (χ1n) is 5.59. The van der Waals surface area contributed by atoms with Gasteiger partial charge in [0, 0.05) is 6.61 Å². The van der Waals surface area contributed by atoms with Crippen molar-refractivity contribution in [3.05, 3.63) is 29.8 Å². The first kappa shape index (κ1) is 13.5. The van der Waals surface area contributed by atoms with Gasteiger partial charge in [0.05, 0.1) is 19.3 Å². The zero-order chi connectivity index (χ0) is 12.7. The maximum atomic E-state index is 11.2. The molecule has 1 rings (SSSR count). The minimum Gasteiger partial charge on any atom is -0.494 e. The maximum absolute atomic E-state index is 11.2. The van der Waals surface area contributed by atoms with Crippen LogP contribution in [-0.4, -0.2) is 31.4 Å². The summed E-state index contributed by atoms with van der Waals surface area (Å²) in [6.07, 6.45) is 0.801. The second-order valence-corrected chi connectivity index (χ2v) is 3.94. The van der Waals surface area contributed by atoms with Gasteiger partial charge in [-0.1, -0.05) is 6.92 Å². The molecule has 0 aliphatic carbocycles. The predicted octanol–water partition coefficient (Wildman–Crippen LogP) is 1.87. The van der Waals surface area contributed by atoms with Gasteiger partial charge in [-0.2, -0.15) is 0 Å². The smallest absolute Gasteiger partial charge is 0.337 e. The maximum Gasteiger partial charge on any atom is 0.337 e. The second-order valence-electron chi connectivity index (χ2n) is 3.94. The van der Waals surface area contributed by atoms with Crippen LogP contribution in [-0.2, 0) is 4.74 Å². The quantitative estimate of drug-likeness (QED) is 0.769. The number of carbonyl (C=O) groups is 1. The SMILES string of the molecule is COC(=O)c1ccc(OCCC(C)CO)cc1. The van der Waals surface area contributed by atoms with Crippen LogP contribution in [0, 0.1) is 5.92 Å². The normalized spacial score (nSPS) is 11.9. The van der Waals surface area contributed by atoms with Crippen molar-refractivity contribution < 1.29 is 19.4 Å². The zero-order valence-electron chi connectivity index (χ0n) is 10.2. The molecule has 0 spiro atoms. The van der Waals surface area contributed by atoms with E-state index in [9.17, 15) is 4.79 Å². The van der Waals surface area contributed by atoms with Gasteiger partial charge in [0.25, 0.3) is 0 Å². The van der Waals surface area contributed by atoms with Crippen LogP contribution in [0.2, 0.25) is 0 Å². The van der Waals surface area contributed by atoms with Crippen molar-refractivity contribution in [3.8, 4) is 5.75 Å². The first-order chi connectivity index (χ1) is 8.17. The molecule has 0 amide bonds. The molecule has 0 heterocycles. The van der Waals surface area contributed by atoms with Gasteiger partial charge in [-0.15, -0.1) is 0 Å². The van der Waals surface area contributed by atoms with E-state index in [-0.39, 0.29) is 18.5 Å². The zero-order valence-corrected chi connectivity index (χ0v) is 10.2. The van der Waals surface area contributed by atoms with Gasteiger partial charge in [-0.05, 0) is 36.6 Å². The van der Waals surface area contributed by atoms with Gasteiger partial charge >= 0.3 is 5.97 Å². The summed E-state index contributed by atoms with van der Waals surface area (Å²) in [5.74, 6) is 0.595. The highest BCUT2D eigenvalue weighted by Crippen LogP contribution is 2.13. The van der Waals surface area contributed by atoms with Crippen molar-refractivity contribution in [1.29, 1.82) is 0 Å². The summed E-state index contributed by atoms with van der Waals surface area (Å²) in [5, 5.41) is 8.85. The van der Waals surface area contributed by atoms with E-state index in [0.29, 0.717) is 17.9 Å². The third-order valence-corrected chi connectivity index (χ3v) is 2.47. The first-order valence-corrected chi connectivity index (χ1v) is 5.59. The molecule has 4 heteroatoms. The van der Waals surface area contributed by atoms with Crippen LogP contribution in [0.5, 0.6) is 5.75 Å². The lowest BCUT2D eigenvalue weighted by molar-refractivity contribution is 0.0600. The molecule has 0 radical (unpaired) electrons. The number of hydrogen-bond donors (Lipinski definition) is 1. The van der Waals surface area contributed by atoms with Crippen LogP contribution in [0.25, 0.3) is 0 Å². The van der Waals surface area contributed by atoms with E-state index in [4.69, 9.17) is 9.84 Å². The van der Waals surface area contributed by atoms with Crippen molar-refractivity contribution in [2.45, 2.75) is 13.3 Å². The van der Waals surface area contributed by atoms with Gasteiger partial charge in [0.2, 0.25) is 0 Å². The molecule has 1 N–H and O–H groups in total. The number of aliphatic hydroxyl groups is 1. The molecule has 1 atom stereocenters. The molecular formula is C13H18O4. The number of aliphatic hydroxyl groups excluding tert-OH is 1. The number of hydrogen-bond acceptors (Lipinski definition) is 4. The molecule has 0 saturated heterocycles. The summed E-state index contributed by atoms with van der Waals surface area (Å²) in [6.45, 7) is 2.69. The summed E-state index contributed by atoms with van der Waals surface area (Å²) in [5.41, 5.74) is 0.503. The highest BCUT2D eigenvalue weighted by Gasteiger charge is 2.05. The lowest BCUT2D eigenvalue weighted by Crippen LogP contribution is -2.07. The number of methoxy groups -OCH3 is 1. The Bertz CT molecular complexity index is 345. The van der Waals surface area contributed by atoms with E-state index in [1.54, 1.807) is 24.3 Å². The fourth-order valence-corrected chi connectivity index (χ4v) is 1.27. The molecule has 1 aromatic rings. The van der Waals surface area contributed by atoms with Crippen LogP contribution in [0.3, 0.4) is 0 Å². The van der Waals surface area contributed by atoms with E-state index in [1.165, 1.54) is 7.11 Å². The molecule has 0 aliphatic rings. The van der Waals surface area contributed by atoms with E-state index in [0.717, 1.165) is 6.42 Å². The summed E-state index contributed by atoms with van der Waals surface area (Å²) in [6, 6.07) is 6.79. The largest absolute Gasteiger partial charge is 0.494 e. The lowest BCUT2D eigenvalue weighted by Gasteiger charge is -2.09. The standard InChI is InChI=1S/C13H18O4/c1-10(9-14)7-8-17-12-5-3-11(4-6-12)13(15)16-2/h3-6,10,14H,7-9H2,1-2H3. The van der Waals surface area contributed by atoms with E-state index < -0.39 is 0 Å². The van der Waals surface area contributed by atoms with Crippen molar-refractivity contribution >= 4 is 5.97 Å². The van der Waals surface area contributed by atoms with Gasteiger partial charge < -0.3 is 14.6 Å². The Labute approximate surface area is 101 Å². The highest BCUT2D eigenvalue weighted by molar-refractivity contribution is 5.89. The van der Waals surface area contributed by atoms with E-state index in [1.807, 2.05) is 6.92 Å². The van der Waals surface area contributed by atoms with Crippen LogP contribution < -0.4 is 4.74 Å². The molecule has 0 bridgehead atoms. The third-order valence-electron chi connectivity index (χ3n) is 2.47. The third kappa shape index (κ3) is 4.44. The molecule has 0 fully saturated rings. The summed E-state index contributed by atoms with van der Waals surface area (Å²) in [4.78, 5) is 11.2. The molecule has 94 valence electrons. The minimum absolute atomic E-state index is 0.171. The van der Waals surface area contributed by atoms with Crippen LogP contribution in [0.4, 0.5) is 0 Å². The molecule has 0 aliphatic heterocycles. The number of benzene rings is 1. The van der Waals surface area contributed by atoms with E-state index in [2.05, 4.69) is 4.74 Å². The van der Waals surface area contributed by atoms with Crippen molar-refractivity contribution in [3.63, 3.8) is 0 Å². The molecule has 17 heavy (non-hydrogen) atoms. The molecule has 4 nitrogen and oxygen atoms in total. The molecule has 0 saturated carbocycles. The Hall–Kier alpha value is -1.55. The fourth-order valence-electron chi connectivity index (χ4n) is 1.27. The molecular weight excluding hydrogens is 220 g/mol. The minimum atomic E-state index is -0.356. The van der Waals surface area contributed by atoms with Crippen LogP contribution in [0.1, 0.15) is 23.7 Å². The second kappa shape index (κ2) is 6.91. The molecule has 1 unspecified atom stereocenters. The molecule has 0 aromatic heterocycles. The van der Waals surface area contributed by atoms with Gasteiger partial charge in [-0.3, -0.25) is 0 Å². The monoisotopic (exact) mass is 238 g/mol. The fraction of sp³-hybridized carbons (Fsp3) is 0.462. The Kier molecular flexibility index (Phi) is 5.49. The van der Waals surface area contributed by atoms with Crippen molar-refractivity contribution in [2.75, 3.05) is 20.3 Å². The van der Waals surface area contributed by atoms with Gasteiger partial charge in [0.1, 0.15) is 5.75 Å². The number of ether oxygens (including phenoxy) is 2. The summed E-state index contributed by atoms with van der Waals surface area (Å²) >= 11 is 0. The van der Waals surface area contributed by atoms with E-state index >= 15 is 0 Å². The average molecular weight is 238 g/mol. The predicted molar refractivity (Wildman–Crippen MR) is 64.1 cm³/mol. The Balaban J connectivity index is 2.43. The van der Waals surface area contributed by atoms with Crippen molar-refractivity contribution in [2.24, 2.45) is 5.92 Å². The summed E-state index contributed by atoms with van der Waals surface area (Å²) in [7, 11) is 1.35. The Morgan fingerprint density at radius 1 is 1.35 bits per heavy atom. The Morgan fingerprint density at radius 2 is 2.00 bits per heavy atom. The number of carbonyl (C=O) groups excluding carboxylic acids is 1. The van der Waals surface area contributed by atoms with Crippen molar-refractivity contribution in [1.82, 2.24) is 0 Å². The lowest BCUT2D eigenvalue weighted by atomic mass is 10.1. The van der Waals surface area contributed by atoms with Gasteiger partial charge in [0.15, 0.2) is 0 Å². The highest BCUT2D eigenvalue weighted by atomic mass is 16.5. The van der Waals surface area contributed by atoms with Crippen LogP contribution in [0.15, 0.2) is 24.3 Å².